The van der Waals surface area contributed by atoms with Gasteiger partial charge in [0.15, 0.2) is 5.78 Å². The molecule has 31 heavy (non-hydrogen) atoms. The summed E-state index contributed by atoms with van der Waals surface area (Å²) in [6.07, 6.45) is 4.29. The van der Waals surface area contributed by atoms with E-state index in [0.717, 1.165) is 11.8 Å². The molecule has 0 saturated carbocycles. The molecule has 0 atom stereocenters. The second-order valence-electron chi connectivity index (χ2n) is 7.05. The van der Waals surface area contributed by atoms with E-state index < -0.39 is 15.9 Å². The number of nitrogens with zero attached hydrogens (tertiary/aromatic N) is 1. The first kappa shape index (κ1) is 20.3. The molecule has 8 nitrogen and oxygen atoms in total. The van der Waals surface area contributed by atoms with Crippen molar-refractivity contribution in [2.75, 3.05) is 11.0 Å². The van der Waals surface area contributed by atoms with E-state index >= 15 is 0 Å². The average molecular weight is 434 g/mol. The van der Waals surface area contributed by atoms with E-state index in [4.69, 9.17) is 5.73 Å². The van der Waals surface area contributed by atoms with Gasteiger partial charge in [-0.05, 0) is 35.9 Å². The molecule has 0 spiro atoms. The number of carbonyl (C=O) groups is 2. The molecule has 0 fully saturated rings. The van der Waals surface area contributed by atoms with Crippen molar-refractivity contribution >= 4 is 38.4 Å². The van der Waals surface area contributed by atoms with Gasteiger partial charge in [-0.15, -0.1) is 0 Å². The fourth-order valence-electron chi connectivity index (χ4n) is 3.29. The predicted octanol–water partition coefficient (Wildman–Crippen LogP) is 2.93. The normalized spacial score (nSPS) is 11.4. The Bertz CT molecular complexity index is 1440. The molecule has 0 radical (unpaired) electrons. The molecule has 9 heteroatoms. The van der Waals surface area contributed by atoms with E-state index in [1.165, 1.54) is 6.07 Å². The number of nitrogens with two attached hydrogens (primary N) is 1. The van der Waals surface area contributed by atoms with Gasteiger partial charge in [0.25, 0.3) is 0 Å². The monoisotopic (exact) mass is 434 g/mol. The SMILES string of the molecule is CS(=O)(=O)Nc1cccc(-c2cnc3[nH]cc(C(=O)c4cccc(C(N)=O)c4)c3c2)c1. The van der Waals surface area contributed by atoms with Gasteiger partial charge < -0.3 is 10.7 Å². The van der Waals surface area contributed by atoms with Crippen LogP contribution in [0.3, 0.4) is 0 Å². The van der Waals surface area contributed by atoms with Gasteiger partial charge in [0.1, 0.15) is 5.65 Å². The van der Waals surface area contributed by atoms with Crippen LogP contribution in [-0.2, 0) is 10.0 Å². The van der Waals surface area contributed by atoms with Crippen molar-refractivity contribution in [2.24, 2.45) is 5.73 Å². The van der Waals surface area contributed by atoms with Gasteiger partial charge in [-0.25, -0.2) is 13.4 Å². The van der Waals surface area contributed by atoms with E-state index in [2.05, 4.69) is 14.7 Å². The predicted molar refractivity (Wildman–Crippen MR) is 118 cm³/mol. The molecule has 4 N–H and O–H groups in total. The number of pyridine rings is 1. The zero-order valence-corrected chi connectivity index (χ0v) is 17.2. The minimum Gasteiger partial charge on any atom is -0.366 e. The van der Waals surface area contributed by atoms with Crippen LogP contribution >= 0.6 is 0 Å². The van der Waals surface area contributed by atoms with Crippen LogP contribution in [0.5, 0.6) is 0 Å². The van der Waals surface area contributed by atoms with Crippen molar-refractivity contribution in [3.8, 4) is 11.1 Å². The Morgan fingerprint density at radius 2 is 1.74 bits per heavy atom. The van der Waals surface area contributed by atoms with Crippen LogP contribution in [0.15, 0.2) is 67.0 Å². The van der Waals surface area contributed by atoms with E-state index in [9.17, 15) is 18.0 Å². The van der Waals surface area contributed by atoms with Crippen molar-refractivity contribution in [1.82, 2.24) is 9.97 Å². The summed E-state index contributed by atoms with van der Waals surface area (Å²) in [5, 5.41) is 0.605. The first-order valence-corrected chi connectivity index (χ1v) is 11.1. The second kappa shape index (κ2) is 7.69. The molecule has 0 aliphatic carbocycles. The zero-order chi connectivity index (χ0) is 22.2. The molecule has 0 aliphatic rings. The first-order chi connectivity index (χ1) is 14.7. The summed E-state index contributed by atoms with van der Waals surface area (Å²) >= 11 is 0. The van der Waals surface area contributed by atoms with Crippen LogP contribution < -0.4 is 10.5 Å². The van der Waals surface area contributed by atoms with Crippen molar-refractivity contribution < 1.29 is 18.0 Å². The minimum atomic E-state index is -3.41. The maximum atomic E-state index is 13.1. The van der Waals surface area contributed by atoms with Gasteiger partial charge in [0, 0.05) is 45.7 Å². The second-order valence-corrected chi connectivity index (χ2v) is 8.80. The fourth-order valence-corrected chi connectivity index (χ4v) is 3.85. The van der Waals surface area contributed by atoms with Crippen LogP contribution in [0.25, 0.3) is 22.2 Å². The molecule has 4 rings (SSSR count). The number of primary amides is 1. The highest BCUT2D eigenvalue weighted by Gasteiger charge is 2.17. The molecular weight excluding hydrogens is 416 g/mol. The van der Waals surface area contributed by atoms with Crippen molar-refractivity contribution in [3.05, 3.63) is 83.7 Å². The lowest BCUT2D eigenvalue weighted by molar-refractivity contribution is 0.1000. The van der Waals surface area contributed by atoms with Crippen LogP contribution in [-0.4, -0.2) is 36.3 Å². The summed E-state index contributed by atoms with van der Waals surface area (Å²) in [6.45, 7) is 0. The molecule has 0 saturated heterocycles. The third-order valence-corrected chi connectivity index (χ3v) is 5.29. The maximum absolute atomic E-state index is 13.1. The number of ketones is 1. The van der Waals surface area contributed by atoms with Crippen molar-refractivity contribution in [1.29, 1.82) is 0 Å². The van der Waals surface area contributed by atoms with Crippen LogP contribution in [0.4, 0.5) is 5.69 Å². The van der Waals surface area contributed by atoms with Crippen LogP contribution in [0, 0.1) is 0 Å². The van der Waals surface area contributed by atoms with Crippen molar-refractivity contribution in [3.63, 3.8) is 0 Å². The largest absolute Gasteiger partial charge is 0.366 e. The lowest BCUT2D eigenvalue weighted by Crippen LogP contribution is -2.12. The Morgan fingerprint density at radius 3 is 2.48 bits per heavy atom. The molecule has 0 unspecified atom stereocenters. The molecule has 0 aliphatic heterocycles. The highest BCUT2D eigenvalue weighted by Crippen LogP contribution is 2.28. The third-order valence-electron chi connectivity index (χ3n) is 4.68. The highest BCUT2D eigenvalue weighted by atomic mass is 32.2. The van der Waals surface area contributed by atoms with E-state index in [1.54, 1.807) is 48.8 Å². The van der Waals surface area contributed by atoms with E-state index in [1.807, 2.05) is 12.1 Å². The lowest BCUT2D eigenvalue weighted by atomic mass is 9.99. The summed E-state index contributed by atoms with van der Waals surface area (Å²) in [5.74, 6) is -0.888. The van der Waals surface area contributed by atoms with Gasteiger partial charge >= 0.3 is 0 Å². The number of aromatic amines is 1. The Labute approximate surface area is 178 Å². The Balaban J connectivity index is 1.75. The number of carbonyl (C=O) groups excluding carboxylic acids is 2. The molecule has 2 heterocycles. The van der Waals surface area contributed by atoms with Crippen LogP contribution in [0.2, 0.25) is 0 Å². The standard InChI is InChI=1S/C22H18N4O4S/c1-31(29,30)26-17-7-3-4-13(9-17)16-10-18-19(12-25-22(18)24-11-16)20(27)14-5-2-6-15(8-14)21(23)28/h2-12,26H,1H3,(H2,23,28)(H,24,25). The number of H-pyrrole nitrogens is 1. The molecule has 2 aromatic heterocycles. The average Bonchev–Trinajstić information content (AvgIpc) is 3.15. The third kappa shape index (κ3) is 4.31. The number of anilines is 1. The summed E-state index contributed by atoms with van der Waals surface area (Å²) in [7, 11) is -3.41. The quantitative estimate of drug-likeness (QED) is 0.401. The smallest absolute Gasteiger partial charge is 0.248 e. The molecule has 2 aromatic carbocycles. The summed E-state index contributed by atoms with van der Waals surface area (Å²) in [6, 6.07) is 14.9. The fraction of sp³-hybridized carbons (Fsp3) is 0.0455. The number of hydrogen-bond donors (Lipinski definition) is 3. The van der Waals surface area contributed by atoms with E-state index in [-0.39, 0.29) is 11.3 Å². The summed E-state index contributed by atoms with van der Waals surface area (Å²) < 4.78 is 25.5. The number of aromatic nitrogens is 2. The Hall–Kier alpha value is -3.98. The van der Waals surface area contributed by atoms with Gasteiger partial charge in [0.2, 0.25) is 15.9 Å². The molecule has 1 amide bonds. The molecule has 4 aromatic rings. The van der Waals surface area contributed by atoms with Gasteiger partial charge in [-0.3, -0.25) is 14.3 Å². The number of nitrogens with one attached hydrogen (secondary N) is 2. The number of sulfonamides is 1. The van der Waals surface area contributed by atoms with Gasteiger partial charge in [-0.2, -0.15) is 0 Å². The highest BCUT2D eigenvalue weighted by molar-refractivity contribution is 7.92. The number of benzene rings is 2. The topological polar surface area (TPSA) is 135 Å². The van der Waals surface area contributed by atoms with Crippen LogP contribution in [0.1, 0.15) is 26.3 Å². The minimum absolute atomic E-state index is 0.250. The number of amides is 1. The number of hydrogen-bond acceptors (Lipinski definition) is 5. The molecule has 156 valence electrons. The van der Waals surface area contributed by atoms with Gasteiger partial charge in [-0.1, -0.05) is 24.3 Å². The number of rotatable bonds is 6. The lowest BCUT2D eigenvalue weighted by Gasteiger charge is -2.07. The first-order valence-electron chi connectivity index (χ1n) is 9.21. The summed E-state index contributed by atoms with van der Waals surface area (Å²) in [5.41, 5.74) is 8.70. The molecular formula is C22H18N4O4S. The maximum Gasteiger partial charge on any atom is 0.248 e. The van der Waals surface area contributed by atoms with E-state index in [0.29, 0.717) is 33.4 Å². The van der Waals surface area contributed by atoms with Gasteiger partial charge in [0.05, 0.1) is 6.26 Å². The summed E-state index contributed by atoms with van der Waals surface area (Å²) in [4.78, 5) is 31.9. The van der Waals surface area contributed by atoms with Crippen molar-refractivity contribution in [2.45, 2.75) is 0 Å². The molecule has 0 bridgehead atoms. The Morgan fingerprint density at radius 1 is 1.00 bits per heavy atom. The zero-order valence-electron chi connectivity index (χ0n) is 16.4. The Kier molecular flexibility index (Phi) is 5.04. The number of fused-ring (bicyclic) bond motifs is 1.